The fourth-order valence-corrected chi connectivity index (χ4v) is 2.98. The summed E-state index contributed by atoms with van der Waals surface area (Å²) in [6, 6.07) is 0. The third kappa shape index (κ3) is 2.09. The molecule has 1 aliphatic carbocycles. The van der Waals surface area contributed by atoms with Gasteiger partial charge in [0.25, 0.3) is 0 Å². The largest absolute Gasteiger partial charge is 0.465 e. The highest BCUT2D eigenvalue weighted by Crippen LogP contribution is 2.45. The van der Waals surface area contributed by atoms with Gasteiger partial charge in [0.1, 0.15) is 0 Å². The number of amides is 1. The summed E-state index contributed by atoms with van der Waals surface area (Å²) >= 11 is 0. The van der Waals surface area contributed by atoms with Crippen molar-refractivity contribution in [3.63, 3.8) is 0 Å². The van der Waals surface area contributed by atoms with Crippen LogP contribution in [0, 0.1) is 11.3 Å². The summed E-state index contributed by atoms with van der Waals surface area (Å²) in [6.45, 7) is 1.69. The van der Waals surface area contributed by atoms with E-state index in [0.29, 0.717) is 25.6 Å². The number of hydrogen-bond acceptors (Lipinski definition) is 2. The number of hydrogen-bond donors (Lipinski definition) is 2. The molecule has 1 saturated heterocycles. The number of carbonyl (C=O) groups is 1. The second-order valence-electron chi connectivity index (χ2n) is 5.08. The van der Waals surface area contributed by atoms with Crippen molar-refractivity contribution in [1.82, 2.24) is 4.90 Å². The monoisotopic (exact) mass is 213 g/mol. The van der Waals surface area contributed by atoms with E-state index in [1.807, 2.05) is 0 Å². The summed E-state index contributed by atoms with van der Waals surface area (Å²) in [5.74, 6) is 0.453. The molecule has 1 saturated carbocycles. The van der Waals surface area contributed by atoms with E-state index in [2.05, 4.69) is 0 Å². The zero-order valence-corrected chi connectivity index (χ0v) is 8.98. The first-order chi connectivity index (χ1) is 7.15. The number of likely N-dealkylation sites (tertiary alicyclic amines) is 1. The third-order valence-electron chi connectivity index (χ3n) is 4.13. The van der Waals surface area contributed by atoms with E-state index in [1.54, 1.807) is 4.90 Å². The van der Waals surface area contributed by atoms with Gasteiger partial charge in [-0.3, -0.25) is 0 Å². The maximum Gasteiger partial charge on any atom is 0.407 e. The Morgan fingerprint density at radius 1 is 1.33 bits per heavy atom. The average Bonchev–Trinajstić information content (AvgIpc) is 2.64. The lowest BCUT2D eigenvalue weighted by molar-refractivity contribution is 0.106. The lowest BCUT2D eigenvalue weighted by atomic mass is 9.70. The predicted molar refractivity (Wildman–Crippen MR) is 55.7 cm³/mol. The van der Waals surface area contributed by atoms with Crippen LogP contribution >= 0.6 is 0 Å². The zero-order chi connectivity index (χ0) is 10.9. The Balaban J connectivity index is 1.92. The molecule has 1 spiro atoms. The van der Waals surface area contributed by atoms with E-state index >= 15 is 0 Å². The lowest BCUT2D eigenvalue weighted by Gasteiger charge is -2.36. The van der Waals surface area contributed by atoms with Crippen LogP contribution in [0.5, 0.6) is 0 Å². The molecule has 0 atom stereocenters. The molecule has 4 nitrogen and oxygen atoms in total. The number of rotatable bonds is 1. The van der Waals surface area contributed by atoms with Gasteiger partial charge in [0, 0.05) is 19.7 Å². The SMILES string of the molecule is O=C(O)N1CCC2(CCC(CO)CC2)C1. The van der Waals surface area contributed by atoms with Gasteiger partial charge in [0.2, 0.25) is 0 Å². The number of aliphatic hydroxyl groups excluding tert-OH is 1. The van der Waals surface area contributed by atoms with Crippen molar-refractivity contribution in [2.45, 2.75) is 32.1 Å². The highest BCUT2D eigenvalue weighted by molar-refractivity contribution is 5.65. The summed E-state index contributed by atoms with van der Waals surface area (Å²) in [7, 11) is 0. The second kappa shape index (κ2) is 4.00. The summed E-state index contributed by atoms with van der Waals surface area (Å²) in [5, 5.41) is 18.0. The van der Waals surface area contributed by atoms with Gasteiger partial charge in [-0.25, -0.2) is 4.79 Å². The predicted octanol–water partition coefficient (Wildman–Crippen LogP) is 1.54. The van der Waals surface area contributed by atoms with Crippen LogP contribution in [0.4, 0.5) is 4.79 Å². The molecule has 4 heteroatoms. The molecule has 1 aliphatic heterocycles. The van der Waals surface area contributed by atoms with E-state index in [9.17, 15) is 4.79 Å². The first kappa shape index (κ1) is 10.7. The molecule has 1 heterocycles. The molecule has 0 bridgehead atoms. The topological polar surface area (TPSA) is 60.8 Å². The summed E-state index contributed by atoms with van der Waals surface area (Å²) in [5.41, 5.74) is 0.240. The number of carboxylic acid groups (broad SMARTS) is 1. The molecule has 86 valence electrons. The van der Waals surface area contributed by atoms with E-state index in [0.717, 1.165) is 32.1 Å². The summed E-state index contributed by atoms with van der Waals surface area (Å²) in [6.07, 6.45) is 4.52. The van der Waals surface area contributed by atoms with Crippen LogP contribution in [0.1, 0.15) is 32.1 Å². The standard InChI is InChI=1S/C11H19NO3/c13-7-9-1-3-11(4-2-9)5-6-12(8-11)10(14)15/h9,13H,1-8H2,(H,14,15). The molecule has 2 aliphatic rings. The second-order valence-corrected chi connectivity index (χ2v) is 5.08. The molecule has 0 aromatic rings. The van der Waals surface area contributed by atoms with Gasteiger partial charge in [-0.15, -0.1) is 0 Å². The minimum atomic E-state index is -0.781. The Labute approximate surface area is 89.9 Å². The Hall–Kier alpha value is -0.770. The molecule has 0 radical (unpaired) electrons. The van der Waals surface area contributed by atoms with Gasteiger partial charge in [0.05, 0.1) is 0 Å². The van der Waals surface area contributed by atoms with Crippen LogP contribution < -0.4 is 0 Å². The fourth-order valence-electron chi connectivity index (χ4n) is 2.98. The minimum Gasteiger partial charge on any atom is -0.465 e. The van der Waals surface area contributed by atoms with Crippen LogP contribution in [-0.4, -0.2) is 40.9 Å². The molecule has 2 fully saturated rings. The van der Waals surface area contributed by atoms with Crippen LogP contribution in [0.2, 0.25) is 0 Å². The Morgan fingerprint density at radius 3 is 2.47 bits per heavy atom. The molecular weight excluding hydrogens is 194 g/mol. The molecule has 15 heavy (non-hydrogen) atoms. The van der Waals surface area contributed by atoms with Gasteiger partial charge >= 0.3 is 6.09 Å². The van der Waals surface area contributed by atoms with Crippen molar-refractivity contribution in [3.05, 3.63) is 0 Å². The molecule has 0 aromatic heterocycles. The molecule has 2 N–H and O–H groups in total. The van der Waals surface area contributed by atoms with Crippen LogP contribution in [0.3, 0.4) is 0 Å². The van der Waals surface area contributed by atoms with Crippen molar-refractivity contribution < 1.29 is 15.0 Å². The van der Waals surface area contributed by atoms with Crippen molar-refractivity contribution >= 4 is 6.09 Å². The lowest BCUT2D eigenvalue weighted by Crippen LogP contribution is -2.34. The van der Waals surface area contributed by atoms with Crippen LogP contribution in [0.15, 0.2) is 0 Å². The van der Waals surface area contributed by atoms with Crippen molar-refractivity contribution in [2.75, 3.05) is 19.7 Å². The number of nitrogens with zero attached hydrogens (tertiary/aromatic N) is 1. The van der Waals surface area contributed by atoms with E-state index in [4.69, 9.17) is 10.2 Å². The Morgan fingerprint density at radius 2 is 2.00 bits per heavy atom. The molecule has 2 rings (SSSR count). The molecule has 0 unspecified atom stereocenters. The van der Waals surface area contributed by atoms with Crippen LogP contribution in [-0.2, 0) is 0 Å². The average molecular weight is 213 g/mol. The Bertz CT molecular complexity index is 246. The highest BCUT2D eigenvalue weighted by atomic mass is 16.4. The van der Waals surface area contributed by atoms with Crippen molar-refractivity contribution in [3.8, 4) is 0 Å². The number of aliphatic hydroxyl groups is 1. The molecule has 1 amide bonds. The molecular formula is C11H19NO3. The molecule has 0 aromatic carbocycles. The maximum atomic E-state index is 10.8. The van der Waals surface area contributed by atoms with Gasteiger partial charge in [-0.1, -0.05) is 0 Å². The quantitative estimate of drug-likeness (QED) is 0.694. The minimum absolute atomic E-state index is 0.240. The van der Waals surface area contributed by atoms with E-state index < -0.39 is 6.09 Å². The summed E-state index contributed by atoms with van der Waals surface area (Å²) < 4.78 is 0. The smallest absolute Gasteiger partial charge is 0.407 e. The van der Waals surface area contributed by atoms with Gasteiger partial charge in [-0.05, 0) is 43.4 Å². The van der Waals surface area contributed by atoms with Crippen molar-refractivity contribution in [2.24, 2.45) is 11.3 Å². The maximum absolute atomic E-state index is 10.8. The first-order valence-electron chi connectivity index (χ1n) is 5.74. The van der Waals surface area contributed by atoms with E-state index in [1.165, 1.54) is 0 Å². The highest BCUT2D eigenvalue weighted by Gasteiger charge is 2.42. The Kier molecular flexibility index (Phi) is 2.87. The normalized spacial score (nSPS) is 36.1. The zero-order valence-electron chi connectivity index (χ0n) is 8.98. The van der Waals surface area contributed by atoms with E-state index in [-0.39, 0.29) is 5.41 Å². The van der Waals surface area contributed by atoms with Crippen molar-refractivity contribution in [1.29, 1.82) is 0 Å². The summed E-state index contributed by atoms with van der Waals surface area (Å²) in [4.78, 5) is 12.4. The fraction of sp³-hybridized carbons (Fsp3) is 0.909. The van der Waals surface area contributed by atoms with Gasteiger partial charge in [-0.2, -0.15) is 0 Å². The van der Waals surface area contributed by atoms with Gasteiger partial charge in [0.15, 0.2) is 0 Å². The first-order valence-corrected chi connectivity index (χ1v) is 5.74. The van der Waals surface area contributed by atoms with Gasteiger partial charge < -0.3 is 15.1 Å². The van der Waals surface area contributed by atoms with Crippen LogP contribution in [0.25, 0.3) is 0 Å². The third-order valence-corrected chi connectivity index (χ3v) is 4.13.